The summed E-state index contributed by atoms with van der Waals surface area (Å²) in [5.41, 5.74) is 0. The first-order chi connectivity index (χ1) is 9.31. The van der Waals surface area contributed by atoms with E-state index in [-0.39, 0.29) is 12.1 Å². The zero-order chi connectivity index (χ0) is 13.1. The molecule has 1 fully saturated rings. The Morgan fingerprint density at radius 3 is 2.95 bits per heavy atom. The second-order valence-corrected chi connectivity index (χ2v) is 5.55. The SMILES string of the molecule is O[C@@H]1CN[C@@H](c2nc(CSc3ccccc3)no2)C1. The van der Waals surface area contributed by atoms with Crippen LogP contribution < -0.4 is 5.32 Å². The van der Waals surface area contributed by atoms with Gasteiger partial charge in [-0.25, -0.2) is 0 Å². The first-order valence-corrected chi connectivity index (χ1v) is 7.21. The molecular weight excluding hydrogens is 262 g/mol. The van der Waals surface area contributed by atoms with Crippen molar-refractivity contribution in [3.05, 3.63) is 42.0 Å². The molecule has 6 heteroatoms. The number of aliphatic hydroxyl groups is 1. The molecule has 0 saturated carbocycles. The Balaban J connectivity index is 1.59. The van der Waals surface area contributed by atoms with Gasteiger partial charge < -0.3 is 14.9 Å². The van der Waals surface area contributed by atoms with E-state index in [0.717, 1.165) is 0 Å². The van der Waals surface area contributed by atoms with E-state index < -0.39 is 0 Å². The summed E-state index contributed by atoms with van der Waals surface area (Å²) in [6.07, 6.45) is 0.312. The van der Waals surface area contributed by atoms with Crippen LogP contribution in [-0.2, 0) is 5.75 Å². The van der Waals surface area contributed by atoms with E-state index in [1.54, 1.807) is 11.8 Å². The van der Waals surface area contributed by atoms with Crippen LogP contribution in [0.5, 0.6) is 0 Å². The van der Waals surface area contributed by atoms with Gasteiger partial charge in [-0.2, -0.15) is 4.98 Å². The minimum atomic E-state index is -0.320. The number of β-amino-alcohol motifs (C(OH)–C–C–N with tert-alkyl or cyclic N) is 1. The molecule has 2 aromatic rings. The molecule has 0 aliphatic carbocycles. The highest BCUT2D eigenvalue weighted by atomic mass is 32.2. The van der Waals surface area contributed by atoms with E-state index in [4.69, 9.17) is 4.52 Å². The summed E-state index contributed by atoms with van der Waals surface area (Å²) in [4.78, 5) is 5.55. The summed E-state index contributed by atoms with van der Waals surface area (Å²) in [7, 11) is 0. The molecule has 5 nitrogen and oxygen atoms in total. The van der Waals surface area contributed by atoms with Crippen LogP contribution in [0.3, 0.4) is 0 Å². The molecule has 19 heavy (non-hydrogen) atoms. The van der Waals surface area contributed by atoms with E-state index in [1.165, 1.54) is 4.90 Å². The number of nitrogens with zero attached hydrogens (tertiary/aromatic N) is 2. The third-order valence-corrected chi connectivity index (χ3v) is 4.01. The van der Waals surface area contributed by atoms with Crippen LogP contribution in [0.4, 0.5) is 0 Å². The second kappa shape index (κ2) is 5.73. The summed E-state index contributed by atoms with van der Waals surface area (Å²) >= 11 is 1.68. The van der Waals surface area contributed by atoms with Crippen molar-refractivity contribution in [2.45, 2.75) is 29.2 Å². The molecule has 0 spiro atoms. The maximum Gasteiger partial charge on any atom is 0.243 e. The molecule has 1 aromatic heterocycles. The molecule has 0 radical (unpaired) electrons. The summed E-state index contributed by atoms with van der Waals surface area (Å²) in [6.45, 7) is 0.584. The first kappa shape index (κ1) is 12.7. The highest BCUT2D eigenvalue weighted by Gasteiger charge is 2.27. The van der Waals surface area contributed by atoms with Gasteiger partial charge in [-0.3, -0.25) is 0 Å². The molecule has 2 N–H and O–H groups in total. The summed E-state index contributed by atoms with van der Waals surface area (Å²) in [6, 6.07) is 10.1. The van der Waals surface area contributed by atoms with E-state index in [0.29, 0.717) is 30.4 Å². The summed E-state index contributed by atoms with van der Waals surface area (Å²) in [5.74, 6) is 1.94. The molecule has 0 bridgehead atoms. The Bertz CT molecular complexity index is 532. The van der Waals surface area contributed by atoms with Crippen LogP contribution >= 0.6 is 11.8 Å². The summed E-state index contributed by atoms with van der Waals surface area (Å²) in [5, 5.41) is 16.6. The standard InChI is InChI=1S/C13H15N3O2S/c17-9-6-11(14-7-9)13-15-12(16-18-13)8-19-10-4-2-1-3-5-10/h1-5,9,11,14,17H,6-8H2/t9-,11+/m0/s1. The molecule has 1 saturated heterocycles. The maximum absolute atomic E-state index is 9.46. The van der Waals surface area contributed by atoms with Gasteiger partial charge in [0.25, 0.3) is 0 Å². The average molecular weight is 277 g/mol. The van der Waals surface area contributed by atoms with E-state index in [9.17, 15) is 5.11 Å². The van der Waals surface area contributed by atoms with Gasteiger partial charge in [0.05, 0.1) is 17.9 Å². The number of aromatic nitrogens is 2. The number of hydrogen-bond donors (Lipinski definition) is 2. The Hall–Kier alpha value is -1.37. The number of thioether (sulfide) groups is 1. The zero-order valence-corrected chi connectivity index (χ0v) is 11.1. The quantitative estimate of drug-likeness (QED) is 0.830. The van der Waals surface area contributed by atoms with Crippen LogP contribution in [0, 0.1) is 0 Å². The monoisotopic (exact) mass is 277 g/mol. The van der Waals surface area contributed by atoms with Gasteiger partial charge in [0.15, 0.2) is 5.82 Å². The van der Waals surface area contributed by atoms with Crippen LogP contribution in [0.25, 0.3) is 0 Å². The lowest BCUT2D eigenvalue weighted by Gasteiger charge is -2.01. The van der Waals surface area contributed by atoms with Gasteiger partial charge in [0.2, 0.25) is 5.89 Å². The van der Waals surface area contributed by atoms with Gasteiger partial charge >= 0.3 is 0 Å². The molecule has 3 rings (SSSR count). The highest BCUT2D eigenvalue weighted by molar-refractivity contribution is 7.98. The maximum atomic E-state index is 9.46. The molecule has 1 aliphatic rings. The molecule has 2 atom stereocenters. The number of benzene rings is 1. The van der Waals surface area contributed by atoms with Crippen molar-refractivity contribution in [3.63, 3.8) is 0 Å². The fraction of sp³-hybridized carbons (Fsp3) is 0.385. The van der Waals surface area contributed by atoms with Crippen LogP contribution in [0.2, 0.25) is 0 Å². The fourth-order valence-electron chi connectivity index (χ4n) is 2.04. The normalized spacial score (nSPS) is 22.8. The van der Waals surface area contributed by atoms with Crippen molar-refractivity contribution >= 4 is 11.8 Å². The van der Waals surface area contributed by atoms with E-state index in [2.05, 4.69) is 27.6 Å². The molecule has 100 valence electrons. The lowest BCUT2D eigenvalue weighted by molar-refractivity contribution is 0.191. The third-order valence-electron chi connectivity index (χ3n) is 3.00. The van der Waals surface area contributed by atoms with Crippen LogP contribution in [0.15, 0.2) is 39.8 Å². The minimum absolute atomic E-state index is 0.0158. The van der Waals surface area contributed by atoms with Gasteiger partial charge in [-0.15, -0.1) is 11.8 Å². The van der Waals surface area contributed by atoms with Crippen LogP contribution in [0.1, 0.15) is 24.2 Å². The minimum Gasteiger partial charge on any atom is -0.392 e. The molecule has 0 amide bonds. The molecular formula is C13H15N3O2S. The first-order valence-electron chi connectivity index (χ1n) is 6.23. The second-order valence-electron chi connectivity index (χ2n) is 4.50. The number of hydrogen-bond acceptors (Lipinski definition) is 6. The number of nitrogens with one attached hydrogen (secondary N) is 1. The van der Waals surface area contributed by atoms with Crippen molar-refractivity contribution in [3.8, 4) is 0 Å². The highest BCUT2D eigenvalue weighted by Crippen LogP contribution is 2.24. The Labute approximate surface area is 115 Å². The van der Waals surface area contributed by atoms with Gasteiger partial charge in [-0.1, -0.05) is 23.4 Å². The summed E-state index contributed by atoms with van der Waals surface area (Å²) < 4.78 is 5.24. The smallest absolute Gasteiger partial charge is 0.243 e. The molecule has 2 heterocycles. The Morgan fingerprint density at radius 1 is 1.37 bits per heavy atom. The van der Waals surface area contributed by atoms with Gasteiger partial charge in [-0.05, 0) is 18.6 Å². The van der Waals surface area contributed by atoms with Crippen molar-refractivity contribution in [2.75, 3.05) is 6.54 Å². The van der Waals surface area contributed by atoms with Crippen molar-refractivity contribution in [1.82, 2.24) is 15.5 Å². The lowest BCUT2D eigenvalue weighted by atomic mass is 10.2. The number of rotatable bonds is 4. The zero-order valence-electron chi connectivity index (χ0n) is 10.3. The predicted octanol–water partition coefficient (Wildman–Crippen LogP) is 1.76. The molecule has 1 aliphatic heterocycles. The van der Waals surface area contributed by atoms with Gasteiger partial charge in [0, 0.05) is 11.4 Å². The largest absolute Gasteiger partial charge is 0.392 e. The van der Waals surface area contributed by atoms with Crippen molar-refractivity contribution < 1.29 is 9.63 Å². The van der Waals surface area contributed by atoms with E-state index in [1.807, 2.05) is 18.2 Å². The third kappa shape index (κ3) is 3.15. The predicted molar refractivity (Wildman–Crippen MR) is 71.7 cm³/mol. The topological polar surface area (TPSA) is 71.2 Å². The van der Waals surface area contributed by atoms with Gasteiger partial charge in [0.1, 0.15) is 0 Å². The molecule has 0 unspecified atom stereocenters. The van der Waals surface area contributed by atoms with Crippen molar-refractivity contribution in [1.29, 1.82) is 0 Å². The fourth-order valence-corrected chi connectivity index (χ4v) is 2.80. The van der Waals surface area contributed by atoms with Crippen molar-refractivity contribution in [2.24, 2.45) is 0 Å². The average Bonchev–Trinajstić information content (AvgIpc) is 3.06. The van der Waals surface area contributed by atoms with E-state index >= 15 is 0 Å². The Morgan fingerprint density at radius 2 is 2.21 bits per heavy atom. The Kier molecular flexibility index (Phi) is 3.82. The number of aliphatic hydroxyl groups excluding tert-OH is 1. The lowest BCUT2D eigenvalue weighted by Crippen LogP contribution is -2.15. The molecule has 1 aromatic carbocycles. The van der Waals surface area contributed by atoms with Crippen LogP contribution in [-0.4, -0.2) is 27.9 Å².